The molecule has 1 aromatic carbocycles. The van der Waals surface area contributed by atoms with Crippen LogP contribution < -0.4 is 4.74 Å². The molecule has 0 saturated carbocycles. The highest BCUT2D eigenvalue weighted by Gasteiger charge is 2.02. The molecule has 0 unspecified atom stereocenters. The van der Waals surface area contributed by atoms with Gasteiger partial charge in [-0.3, -0.25) is 0 Å². The van der Waals surface area contributed by atoms with Gasteiger partial charge in [-0.2, -0.15) is 0 Å². The SMILES string of the molecule is OCCC#Cc1ccsc1COc1ccccc1. The van der Waals surface area contributed by atoms with E-state index in [0.717, 1.165) is 16.2 Å². The van der Waals surface area contributed by atoms with E-state index in [1.165, 1.54) is 0 Å². The first-order chi connectivity index (χ1) is 8.90. The Labute approximate surface area is 111 Å². The molecule has 0 spiro atoms. The monoisotopic (exact) mass is 258 g/mol. The molecule has 0 bridgehead atoms. The van der Waals surface area contributed by atoms with Crippen LogP contribution in [0.4, 0.5) is 0 Å². The zero-order valence-corrected chi connectivity index (χ0v) is 10.7. The van der Waals surface area contributed by atoms with Gasteiger partial charge in [0, 0.05) is 12.0 Å². The van der Waals surface area contributed by atoms with Crippen molar-refractivity contribution in [1.29, 1.82) is 0 Å². The van der Waals surface area contributed by atoms with Gasteiger partial charge in [-0.05, 0) is 23.6 Å². The topological polar surface area (TPSA) is 29.5 Å². The van der Waals surface area contributed by atoms with Crippen molar-refractivity contribution < 1.29 is 9.84 Å². The second-order valence-electron chi connectivity index (χ2n) is 3.63. The predicted molar refractivity (Wildman–Crippen MR) is 73.7 cm³/mol. The molecule has 18 heavy (non-hydrogen) atoms. The van der Waals surface area contributed by atoms with Crippen LogP contribution in [0, 0.1) is 11.8 Å². The van der Waals surface area contributed by atoms with E-state index in [2.05, 4.69) is 11.8 Å². The summed E-state index contributed by atoms with van der Waals surface area (Å²) in [4.78, 5) is 1.12. The van der Waals surface area contributed by atoms with Crippen LogP contribution in [-0.4, -0.2) is 11.7 Å². The third-order valence-electron chi connectivity index (χ3n) is 2.32. The fraction of sp³-hybridized carbons (Fsp3) is 0.200. The zero-order chi connectivity index (χ0) is 12.6. The number of rotatable bonds is 4. The van der Waals surface area contributed by atoms with Crippen LogP contribution in [0.2, 0.25) is 0 Å². The Bertz CT molecular complexity index is 534. The lowest BCUT2D eigenvalue weighted by atomic mass is 10.2. The quantitative estimate of drug-likeness (QED) is 0.854. The van der Waals surface area contributed by atoms with Gasteiger partial charge < -0.3 is 9.84 Å². The van der Waals surface area contributed by atoms with Crippen molar-refractivity contribution in [2.45, 2.75) is 13.0 Å². The fourth-order valence-corrected chi connectivity index (χ4v) is 2.18. The highest BCUT2D eigenvalue weighted by atomic mass is 32.1. The highest BCUT2D eigenvalue weighted by molar-refractivity contribution is 7.10. The first-order valence-electron chi connectivity index (χ1n) is 5.74. The van der Waals surface area contributed by atoms with Gasteiger partial charge in [-0.15, -0.1) is 11.3 Å². The molecule has 3 heteroatoms. The van der Waals surface area contributed by atoms with Gasteiger partial charge in [0.15, 0.2) is 0 Å². The van der Waals surface area contributed by atoms with Crippen molar-refractivity contribution in [3.8, 4) is 17.6 Å². The number of aliphatic hydroxyl groups excluding tert-OH is 1. The third kappa shape index (κ3) is 3.63. The molecule has 1 aromatic heterocycles. The average Bonchev–Trinajstić information content (AvgIpc) is 2.86. The number of ether oxygens (including phenoxy) is 1. The lowest BCUT2D eigenvalue weighted by molar-refractivity contribution is 0.305. The van der Waals surface area contributed by atoms with E-state index >= 15 is 0 Å². The molecule has 2 rings (SSSR count). The maximum Gasteiger partial charge on any atom is 0.124 e. The van der Waals surface area contributed by atoms with Crippen LogP contribution in [0.1, 0.15) is 16.9 Å². The number of para-hydroxylation sites is 1. The molecule has 0 saturated heterocycles. The smallest absolute Gasteiger partial charge is 0.124 e. The predicted octanol–water partition coefficient (Wildman–Crippen LogP) is 3.06. The van der Waals surface area contributed by atoms with Crippen LogP contribution in [0.3, 0.4) is 0 Å². The van der Waals surface area contributed by atoms with E-state index < -0.39 is 0 Å². The molecule has 0 fully saturated rings. The number of thiophene rings is 1. The Morgan fingerprint density at radius 1 is 1.17 bits per heavy atom. The summed E-state index contributed by atoms with van der Waals surface area (Å²) in [5, 5.41) is 10.7. The van der Waals surface area contributed by atoms with Gasteiger partial charge >= 0.3 is 0 Å². The highest BCUT2D eigenvalue weighted by Crippen LogP contribution is 2.19. The van der Waals surface area contributed by atoms with E-state index in [0.29, 0.717) is 13.0 Å². The van der Waals surface area contributed by atoms with E-state index in [1.54, 1.807) is 11.3 Å². The van der Waals surface area contributed by atoms with Crippen molar-refractivity contribution in [3.63, 3.8) is 0 Å². The van der Waals surface area contributed by atoms with Gasteiger partial charge in [0.1, 0.15) is 12.4 Å². The van der Waals surface area contributed by atoms with Gasteiger partial charge in [0.2, 0.25) is 0 Å². The van der Waals surface area contributed by atoms with Crippen LogP contribution >= 0.6 is 11.3 Å². The lowest BCUT2D eigenvalue weighted by Gasteiger charge is -2.04. The number of benzene rings is 1. The van der Waals surface area contributed by atoms with Crippen molar-refractivity contribution in [2.24, 2.45) is 0 Å². The fourth-order valence-electron chi connectivity index (χ4n) is 1.44. The second-order valence-corrected chi connectivity index (χ2v) is 4.64. The van der Waals surface area contributed by atoms with E-state index in [9.17, 15) is 0 Å². The summed E-state index contributed by atoms with van der Waals surface area (Å²) in [5.41, 5.74) is 0.990. The summed E-state index contributed by atoms with van der Waals surface area (Å²) in [5.74, 6) is 6.84. The lowest BCUT2D eigenvalue weighted by Crippen LogP contribution is -1.94. The van der Waals surface area contributed by atoms with Crippen LogP contribution in [0.5, 0.6) is 5.75 Å². The van der Waals surface area contributed by atoms with E-state index in [-0.39, 0.29) is 6.61 Å². The number of aliphatic hydroxyl groups is 1. The molecular weight excluding hydrogens is 244 g/mol. The largest absolute Gasteiger partial charge is 0.488 e. The van der Waals surface area contributed by atoms with Crippen molar-refractivity contribution in [2.75, 3.05) is 6.61 Å². The minimum atomic E-state index is 0.104. The van der Waals surface area contributed by atoms with Crippen molar-refractivity contribution in [1.82, 2.24) is 0 Å². The summed E-state index contributed by atoms with van der Waals surface area (Å²) in [7, 11) is 0. The Balaban J connectivity index is 1.98. The molecule has 1 heterocycles. The summed E-state index contributed by atoms with van der Waals surface area (Å²) in [6, 6.07) is 11.7. The molecule has 0 aliphatic rings. The third-order valence-corrected chi connectivity index (χ3v) is 3.21. The Kier molecular flexibility index (Phi) is 4.83. The van der Waals surface area contributed by atoms with Gasteiger partial charge in [-0.1, -0.05) is 30.0 Å². The van der Waals surface area contributed by atoms with Crippen molar-refractivity contribution in [3.05, 3.63) is 52.2 Å². The second kappa shape index (κ2) is 6.85. The summed E-state index contributed by atoms with van der Waals surface area (Å²) >= 11 is 1.64. The van der Waals surface area contributed by atoms with Gasteiger partial charge in [-0.25, -0.2) is 0 Å². The molecule has 92 valence electrons. The molecule has 0 amide bonds. The van der Waals surface area contributed by atoms with Gasteiger partial charge in [0.25, 0.3) is 0 Å². The number of hydrogen-bond donors (Lipinski definition) is 1. The Morgan fingerprint density at radius 2 is 2.00 bits per heavy atom. The van der Waals surface area contributed by atoms with Crippen LogP contribution in [0.15, 0.2) is 41.8 Å². The Morgan fingerprint density at radius 3 is 2.78 bits per heavy atom. The molecule has 1 N–H and O–H groups in total. The number of hydrogen-bond acceptors (Lipinski definition) is 3. The first kappa shape index (κ1) is 12.7. The molecule has 2 nitrogen and oxygen atoms in total. The summed E-state index contributed by atoms with van der Waals surface area (Å²) in [6.07, 6.45) is 0.509. The molecule has 0 aliphatic heterocycles. The molecular formula is C15H14O2S. The van der Waals surface area contributed by atoms with Crippen LogP contribution in [-0.2, 0) is 6.61 Å². The first-order valence-corrected chi connectivity index (χ1v) is 6.62. The average molecular weight is 258 g/mol. The molecule has 0 aliphatic carbocycles. The maximum absolute atomic E-state index is 8.69. The molecule has 0 radical (unpaired) electrons. The minimum Gasteiger partial charge on any atom is -0.488 e. The molecule has 0 atom stereocenters. The minimum absolute atomic E-state index is 0.104. The zero-order valence-electron chi connectivity index (χ0n) is 9.93. The summed E-state index contributed by atoms with van der Waals surface area (Å²) in [6.45, 7) is 0.637. The van der Waals surface area contributed by atoms with E-state index in [4.69, 9.17) is 9.84 Å². The molecule has 2 aromatic rings. The normalized spacial score (nSPS) is 9.61. The summed E-state index contributed by atoms with van der Waals surface area (Å²) < 4.78 is 5.69. The van der Waals surface area contributed by atoms with E-state index in [1.807, 2.05) is 41.8 Å². The van der Waals surface area contributed by atoms with Crippen molar-refractivity contribution >= 4 is 11.3 Å². The maximum atomic E-state index is 8.69. The van der Waals surface area contributed by atoms with Crippen LogP contribution in [0.25, 0.3) is 0 Å². The Hall–Kier alpha value is -1.76. The standard InChI is InChI=1S/C15H14O2S/c16-10-5-4-6-13-9-11-18-15(13)12-17-14-7-2-1-3-8-14/h1-3,7-9,11,16H,5,10,12H2. The van der Waals surface area contributed by atoms with Gasteiger partial charge in [0.05, 0.1) is 11.5 Å².